The van der Waals surface area contributed by atoms with Crippen LogP contribution >= 0.6 is 0 Å². The van der Waals surface area contributed by atoms with Gasteiger partial charge >= 0.3 is 6.18 Å². The summed E-state index contributed by atoms with van der Waals surface area (Å²) < 4.78 is 39.5. The van der Waals surface area contributed by atoms with Crippen molar-refractivity contribution in [2.75, 3.05) is 18.4 Å². The Labute approximate surface area is 151 Å². The number of nitrogens with one attached hydrogen (secondary N) is 1. The van der Waals surface area contributed by atoms with Crippen LogP contribution in [0.2, 0.25) is 0 Å². The number of carbonyl (C=O) groups excluding carboxylic acids is 1. The number of carbonyl (C=O) groups is 1. The van der Waals surface area contributed by atoms with Gasteiger partial charge in [-0.1, -0.05) is 6.07 Å². The molecule has 0 bridgehead atoms. The number of alkyl halides is 3. The van der Waals surface area contributed by atoms with E-state index in [1.807, 2.05) is 0 Å². The summed E-state index contributed by atoms with van der Waals surface area (Å²) >= 11 is 0. The Morgan fingerprint density at radius 1 is 1.19 bits per heavy atom. The highest BCUT2D eigenvalue weighted by Crippen LogP contribution is 2.27. The summed E-state index contributed by atoms with van der Waals surface area (Å²) in [5, 5.41) is 13.6. The first-order valence-corrected chi connectivity index (χ1v) is 8.18. The molecule has 8 nitrogen and oxygen atoms in total. The Balaban J connectivity index is 1.48. The van der Waals surface area contributed by atoms with E-state index in [2.05, 4.69) is 25.6 Å². The second kappa shape index (κ2) is 6.49. The van der Waals surface area contributed by atoms with Crippen LogP contribution in [0.15, 0.2) is 36.5 Å². The Kier molecular flexibility index (Phi) is 4.13. The van der Waals surface area contributed by atoms with Crippen molar-refractivity contribution in [1.29, 1.82) is 0 Å². The van der Waals surface area contributed by atoms with Gasteiger partial charge in [-0.3, -0.25) is 9.78 Å². The number of fused-ring (bicyclic) bond motifs is 1. The lowest BCUT2D eigenvalue weighted by molar-refractivity contribution is -0.146. The van der Waals surface area contributed by atoms with E-state index in [0.29, 0.717) is 29.7 Å². The Morgan fingerprint density at radius 2 is 2.04 bits per heavy atom. The van der Waals surface area contributed by atoms with Gasteiger partial charge in [-0.25, -0.2) is 0 Å². The molecule has 0 radical (unpaired) electrons. The zero-order valence-corrected chi connectivity index (χ0v) is 13.9. The molecule has 0 spiro atoms. The van der Waals surface area contributed by atoms with Crippen LogP contribution in [0.5, 0.6) is 0 Å². The van der Waals surface area contributed by atoms with Crippen LogP contribution in [-0.4, -0.2) is 54.7 Å². The molecule has 1 N–H and O–H groups in total. The molecular formula is C16H14F3N7O. The topological polar surface area (TPSA) is 88.3 Å². The molecule has 4 rings (SSSR count). The van der Waals surface area contributed by atoms with Gasteiger partial charge in [0.25, 0.3) is 11.7 Å². The normalized spacial score (nSPS) is 17.4. The predicted molar refractivity (Wildman–Crippen MR) is 88.0 cm³/mol. The van der Waals surface area contributed by atoms with E-state index in [9.17, 15) is 18.0 Å². The van der Waals surface area contributed by atoms with Crippen molar-refractivity contribution in [3.05, 3.63) is 48.0 Å². The van der Waals surface area contributed by atoms with Crippen molar-refractivity contribution in [3.63, 3.8) is 0 Å². The van der Waals surface area contributed by atoms with Crippen LogP contribution in [0.4, 0.5) is 19.0 Å². The van der Waals surface area contributed by atoms with Gasteiger partial charge in [0.15, 0.2) is 5.65 Å². The number of hydrogen-bond acceptors (Lipinski definition) is 6. The summed E-state index contributed by atoms with van der Waals surface area (Å²) in [6.45, 7) is 0.930. The first-order valence-electron chi connectivity index (χ1n) is 8.18. The molecule has 1 amide bonds. The Bertz CT molecular complexity index is 973. The van der Waals surface area contributed by atoms with Gasteiger partial charge in [0, 0.05) is 25.3 Å². The molecule has 11 heteroatoms. The highest BCUT2D eigenvalue weighted by molar-refractivity contribution is 5.92. The van der Waals surface area contributed by atoms with Crippen molar-refractivity contribution in [3.8, 4) is 0 Å². The molecule has 3 aromatic rings. The highest BCUT2D eigenvalue weighted by Gasteiger charge is 2.37. The number of nitrogens with zero attached hydrogens (tertiary/aromatic N) is 6. The molecule has 3 aromatic heterocycles. The third-order valence-corrected chi connectivity index (χ3v) is 4.23. The molecule has 1 saturated heterocycles. The van der Waals surface area contributed by atoms with Gasteiger partial charge in [-0.15, -0.1) is 15.3 Å². The van der Waals surface area contributed by atoms with Crippen molar-refractivity contribution >= 4 is 17.4 Å². The maximum absolute atomic E-state index is 13.0. The van der Waals surface area contributed by atoms with E-state index in [4.69, 9.17) is 0 Å². The average Bonchev–Trinajstić information content (AvgIpc) is 3.28. The summed E-state index contributed by atoms with van der Waals surface area (Å²) in [6.07, 6.45) is -2.45. The van der Waals surface area contributed by atoms with E-state index >= 15 is 0 Å². The number of hydrogen-bond donors (Lipinski definition) is 1. The average molecular weight is 377 g/mol. The van der Waals surface area contributed by atoms with Gasteiger partial charge < -0.3 is 10.2 Å². The van der Waals surface area contributed by atoms with E-state index in [1.165, 1.54) is 12.1 Å². The van der Waals surface area contributed by atoms with E-state index in [1.54, 1.807) is 29.3 Å². The third-order valence-electron chi connectivity index (χ3n) is 4.23. The van der Waals surface area contributed by atoms with Crippen LogP contribution in [-0.2, 0) is 6.18 Å². The Morgan fingerprint density at radius 3 is 2.78 bits per heavy atom. The molecule has 1 fully saturated rings. The molecule has 1 unspecified atom stereocenters. The lowest BCUT2D eigenvalue weighted by Gasteiger charge is -2.17. The lowest BCUT2D eigenvalue weighted by atomic mass is 10.2. The monoisotopic (exact) mass is 377 g/mol. The van der Waals surface area contributed by atoms with E-state index in [-0.39, 0.29) is 23.4 Å². The van der Waals surface area contributed by atoms with Gasteiger partial charge in [-0.2, -0.15) is 17.7 Å². The van der Waals surface area contributed by atoms with Crippen LogP contribution in [0.25, 0.3) is 5.65 Å². The number of halogens is 3. The zero-order valence-electron chi connectivity index (χ0n) is 13.9. The maximum atomic E-state index is 13.0. The minimum Gasteiger partial charge on any atom is -0.364 e. The van der Waals surface area contributed by atoms with E-state index < -0.39 is 12.0 Å². The molecule has 0 saturated carbocycles. The van der Waals surface area contributed by atoms with Crippen LogP contribution < -0.4 is 5.32 Å². The highest BCUT2D eigenvalue weighted by atomic mass is 19.4. The molecular weight excluding hydrogens is 363 g/mol. The fourth-order valence-electron chi connectivity index (χ4n) is 2.97. The number of aromatic nitrogens is 5. The first-order chi connectivity index (χ1) is 12.9. The van der Waals surface area contributed by atoms with Crippen molar-refractivity contribution in [2.45, 2.75) is 18.6 Å². The number of amides is 1. The van der Waals surface area contributed by atoms with Crippen LogP contribution in [0.3, 0.4) is 0 Å². The Hall–Kier alpha value is -3.24. The SMILES string of the molecule is O=C(c1ccccn1)N1CCC(Nc2ccc3nnc(C(F)(F)F)n3n2)C1. The van der Waals surface area contributed by atoms with Crippen molar-refractivity contribution in [1.82, 2.24) is 29.7 Å². The standard InChI is InChI=1S/C16H14F3N7O/c17-16(18,19)15-23-22-13-5-4-12(24-26(13)15)21-10-6-8-25(9-10)14(27)11-3-1-2-7-20-11/h1-5,7,10H,6,8-9H2,(H,21,24). The summed E-state index contributed by atoms with van der Waals surface area (Å²) in [4.78, 5) is 18.1. The molecule has 1 atom stereocenters. The minimum absolute atomic E-state index is 0.00579. The fraction of sp³-hybridized carbons (Fsp3) is 0.312. The van der Waals surface area contributed by atoms with E-state index in [0.717, 1.165) is 0 Å². The first kappa shape index (κ1) is 17.2. The number of likely N-dealkylation sites (tertiary alicyclic amines) is 1. The number of rotatable bonds is 3. The van der Waals surface area contributed by atoms with Gasteiger partial charge in [-0.05, 0) is 30.7 Å². The minimum atomic E-state index is -4.65. The summed E-state index contributed by atoms with van der Waals surface area (Å²) in [6, 6.07) is 7.92. The van der Waals surface area contributed by atoms with Crippen molar-refractivity contribution < 1.29 is 18.0 Å². The second-order valence-electron chi connectivity index (χ2n) is 6.11. The maximum Gasteiger partial charge on any atom is 0.453 e. The second-order valence-corrected chi connectivity index (χ2v) is 6.11. The molecule has 1 aliphatic heterocycles. The largest absolute Gasteiger partial charge is 0.453 e. The fourth-order valence-corrected chi connectivity index (χ4v) is 2.97. The molecule has 27 heavy (non-hydrogen) atoms. The van der Waals surface area contributed by atoms with Crippen LogP contribution in [0, 0.1) is 0 Å². The number of pyridine rings is 1. The van der Waals surface area contributed by atoms with Crippen molar-refractivity contribution in [2.24, 2.45) is 0 Å². The molecule has 1 aliphatic rings. The summed E-state index contributed by atoms with van der Waals surface area (Å²) in [5.74, 6) is -1.11. The van der Waals surface area contributed by atoms with Gasteiger partial charge in [0.2, 0.25) is 0 Å². The lowest BCUT2D eigenvalue weighted by Crippen LogP contribution is -2.32. The molecule has 0 aromatic carbocycles. The zero-order chi connectivity index (χ0) is 19.0. The summed E-state index contributed by atoms with van der Waals surface area (Å²) in [5.41, 5.74) is 0.364. The van der Waals surface area contributed by atoms with Gasteiger partial charge in [0.05, 0.1) is 0 Å². The third kappa shape index (κ3) is 3.39. The summed E-state index contributed by atoms with van der Waals surface area (Å²) in [7, 11) is 0. The smallest absolute Gasteiger partial charge is 0.364 e. The number of anilines is 1. The van der Waals surface area contributed by atoms with Gasteiger partial charge in [0.1, 0.15) is 11.5 Å². The predicted octanol–water partition coefficient (Wildman–Crippen LogP) is 1.86. The molecule has 4 heterocycles. The molecule has 140 valence electrons. The molecule has 0 aliphatic carbocycles. The van der Waals surface area contributed by atoms with Crippen LogP contribution in [0.1, 0.15) is 22.7 Å². The quantitative estimate of drug-likeness (QED) is 0.750.